The standard InChI is InChI=1S/C16H11BrFIN2/c17-11-3-1-10-6-12(4-2-9(10)5-11)21-16-7-13(18)14(19)8-15(16)20/h1-8,21H,20H2. The normalized spacial score (nSPS) is 10.8. The van der Waals surface area contributed by atoms with Crippen molar-refractivity contribution in [3.05, 3.63) is 62.4 Å². The van der Waals surface area contributed by atoms with Crippen molar-refractivity contribution in [1.82, 2.24) is 0 Å². The van der Waals surface area contributed by atoms with Crippen LogP contribution in [0.25, 0.3) is 10.8 Å². The topological polar surface area (TPSA) is 38.0 Å². The van der Waals surface area contributed by atoms with E-state index in [1.54, 1.807) is 6.07 Å². The molecule has 0 saturated heterocycles. The van der Waals surface area contributed by atoms with E-state index in [-0.39, 0.29) is 5.82 Å². The summed E-state index contributed by atoms with van der Waals surface area (Å²) in [6.45, 7) is 0. The minimum Gasteiger partial charge on any atom is -0.397 e. The van der Waals surface area contributed by atoms with E-state index in [0.29, 0.717) is 14.9 Å². The average Bonchev–Trinajstić information content (AvgIpc) is 2.45. The van der Waals surface area contributed by atoms with Gasteiger partial charge in [-0.2, -0.15) is 0 Å². The van der Waals surface area contributed by atoms with Crippen molar-refractivity contribution in [2.45, 2.75) is 0 Å². The molecule has 0 unspecified atom stereocenters. The van der Waals surface area contributed by atoms with Gasteiger partial charge in [-0.25, -0.2) is 4.39 Å². The minimum absolute atomic E-state index is 0.281. The molecule has 21 heavy (non-hydrogen) atoms. The van der Waals surface area contributed by atoms with Crippen LogP contribution in [0.2, 0.25) is 0 Å². The maximum Gasteiger partial charge on any atom is 0.138 e. The van der Waals surface area contributed by atoms with Gasteiger partial charge < -0.3 is 11.1 Å². The summed E-state index contributed by atoms with van der Waals surface area (Å²) in [4.78, 5) is 0. The third kappa shape index (κ3) is 3.13. The number of rotatable bonds is 2. The summed E-state index contributed by atoms with van der Waals surface area (Å²) < 4.78 is 15.2. The van der Waals surface area contributed by atoms with Crippen LogP contribution in [0.4, 0.5) is 21.5 Å². The summed E-state index contributed by atoms with van der Waals surface area (Å²) in [7, 11) is 0. The number of nitrogens with one attached hydrogen (secondary N) is 1. The quantitative estimate of drug-likeness (QED) is 0.385. The van der Waals surface area contributed by atoms with Gasteiger partial charge in [0.15, 0.2) is 0 Å². The van der Waals surface area contributed by atoms with Crippen molar-refractivity contribution < 1.29 is 4.39 Å². The number of hydrogen-bond acceptors (Lipinski definition) is 2. The molecule has 5 heteroatoms. The maximum absolute atomic E-state index is 13.7. The zero-order valence-electron chi connectivity index (χ0n) is 10.8. The first-order valence-electron chi connectivity index (χ1n) is 6.24. The second-order valence-corrected chi connectivity index (χ2v) is 6.76. The van der Waals surface area contributed by atoms with Crippen LogP contribution in [0.15, 0.2) is 53.0 Å². The van der Waals surface area contributed by atoms with Gasteiger partial charge in [-0.3, -0.25) is 0 Å². The highest BCUT2D eigenvalue weighted by Gasteiger charge is 2.06. The molecule has 2 nitrogen and oxygen atoms in total. The summed E-state index contributed by atoms with van der Waals surface area (Å²) in [5.41, 5.74) is 7.90. The zero-order chi connectivity index (χ0) is 15.0. The van der Waals surface area contributed by atoms with Crippen molar-refractivity contribution >= 4 is 66.4 Å². The molecule has 0 bridgehead atoms. The Labute approximate surface area is 143 Å². The zero-order valence-corrected chi connectivity index (χ0v) is 14.6. The Morgan fingerprint density at radius 2 is 1.71 bits per heavy atom. The molecule has 0 aromatic heterocycles. The van der Waals surface area contributed by atoms with Crippen LogP contribution in [-0.4, -0.2) is 0 Å². The van der Waals surface area contributed by atoms with Crippen LogP contribution in [0.3, 0.4) is 0 Å². The van der Waals surface area contributed by atoms with E-state index in [2.05, 4.69) is 27.3 Å². The number of nitrogen functional groups attached to an aromatic ring is 1. The summed E-state index contributed by atoms with van der Waals surface area (Å²) in [5, 5.41) is 5.41. The molecule has 0 aliphatic carbocycles. The Kier molecular flexibility index (Phi) is 4.03. The lowest BCUT2D eigenvalue weighted by Gasteiger charge is -2.11. The van der Waals surface area contributed by atoms with Crippen molar-refractivity contribution in [3.8, 4) is 0 Å². The molecule has 0 fully saturated rings. The molecule has 3 aromatic rings. The molecule has 0 heterocycles. The lowest BCUT2D eigenvalue weighted by Crippen LogP contribution is -1.98. The maximum atomic E-state index is 13.7. The van der Waals surface area contributed by atoms with E-state index in [9.17, 15) is 4.39 Å². The Morgan fingerprint density at radius 3 is 2.52 bits per heavy atom. The minimum atomic E-state index is -0.281. The number of halogens is 3. The predicted octanol–water partition coefficient (Wildman–Crippen LogP) is 5.67. The highest BCUT2D eigenvalue weighted by atomic mass is 127. The average molecular weight is 457 g/mol. The van der Waals surface area contributed by atoms with Crippen LogP contribution >= 0.6 is 38.5 Å². The van der Waals surface area contributed by atoms with E-state index in [0.717, 1.165) is 20.9 Å². The lowest BCUT2D eigenvalue weighted by molar-refractivity contribution is 0.621. The van der Waals surface area contributed by atoms with E-state index >= 15 is 0 Å². The number of hydrogen-bond donors (Lipinski definition) is 2. The van der Waals surface area contributed by atoms with Crippen LogP contribution in [-0.2, 0) is 0 Å². The molecule has 0 aliphatic heterocycles. The summed E-state index contributed by atoms with van der Waals surface area (Å²) >= 11 is 5.38. The number of nitrogens with two attached hydrogens (primary N) is 1. The third-order valence-electron chi connectivity index (χ3n) is 3.17. The highest BCUT2D eigenvalue weighted by molar-refractivity contribution is 14.1. The van der Waals surface area contributed by atoms with Crippen molar-refractivity contribution in [3.63, 3.8) is 0 Å². The fourth-order valence-corrected chi connectivity index (χ4v) is 2.99. The van der Waals surface area contributed by atoms with Gasteiger partial charge in [-0.05, 0) is 63.7 Å². The molecule has 0 amide bonds. The van der Waals surface area contributed by atoms with Gasteiger partial charge in [0.25, 0.3) is 0 Å². The fraction of sp³-hybridized carbons (Fsp3) is 0. The Bertz CT molecular complexity index is 836. The highest BCUT2D eigenvalue weighted by Crippen LogP contribution is 2.29. The lowest BCUT2D eigenvalue weighted by atomic mass is 10.1. The van der Waals surface area contributed by atoms with Crippen molar-refractivity contribution in [1.29, 1.82) is 0 Å². The number of anilines is 3. The summed E-state index contributed by atoms with van der Waals surface area (Å²) in [6, 6.07) is 15.1. The Morgan fingerprint density at radius 1 is 1.00 bits per heavy atom. The van der Waals surface area contributed by atoms with Gasteiger partial charge >= 0.3 is 0 Å². The van der Waals surface area contributed by atoms with Crippen LogP contribution in [0, 0.1) is 9.39 Å². The molecule has 0 atom stereocenters. The molecule has 0 saturated carbocycles. The first-order chi connectivity index (χ1) is 10.0. The molecule has 0 aliphatic rings. The van der Waals surface area contributed by atoms with Crippen molar-refractivity contribution in [2.24, 2.45) is 0 Å². The van der Waals surface area contributed by atoms with Gasteiger partial charge in [-0.15, -0.1) is 0 Å². The second kappa shape index (κ2) is 5.81. The SMILES string of the molecule is Nc1cc(I)c(F)cc1Nc1ccc2cc(Br)ccc2c1. The smallest absolute Gasteiger partial charge is 0.138 e. The Hall–Kier alpha value is -1.34. The largest absolute Gasteiger partial charge is 0.397 e. The molecular weight excluding hydrogens is 446 g/mol. The van der Waals surface area contributed by atoms with Crippen LogP contribution in [0.5, 0.6) is 0 Å². The molecule has 0 spiro atoms. The molecule has 106 valence electrons. The first-order valence-corrected chi connectivity index (χ1v) is 8.11. The van der Waals surface area contributed by atoms with E-state index in [1.165, 1.54) is 6.07 Å². The van der Waals surface area contributed by atoms with E-state index in [4.69, 9.17) is 5.73 Å². The second-order valence-electron chi connectivity index (χ2n) is 4.68. The van der Waals surface area contributed by atoms with E-state index < -0.39 is 0 Å². The molecular formula is C16H11BrFIN2. The molecule has 0 radical (unpaired) electrons. The van der Waals surface area contributed by atoms with Gasteiger partial charge in [0.2, 0.25) is 0 Å². The van der Waals surface area contributed by atoms with Crippen LogP contribution < -0.4 is 11.1 Å². The monoisotopic (exact) mass is 456 g/mol. The number of benzene rings is 3. The molecule has 3 rings (SSSR count). The Balaban J connectivity index is 1.98. The first kappa shape index (κ1) is 14.6. The fourth-order valence-electron chi connectivity index (χ4n) is 2.12. The van der Waals surface area contributed by atoms with Crippen LogP contribution in [0.1, 0.15) is 0 Å². The van der Waals surface area contributed by atoms with Gasteiger partial charge in [0.05, 0.1) is 14.9 Å². The number of fused-ring (bicyclic) bond motifs is 1. The van der Waals surface area contributed by atoms with E-state index in [1.807, 2.05) is 52.9 Å². The summed E-state index contributed by atoms with van der Waals surface area (Å²) in [6.07, 6.45) is 0. The predicted molar refractivity (Wildman–Crippen MR) is 98.5 cm³/mol. The van der Waals surface area contributed by atoms with Gasteiger partial charge in [-0.1, -0.05) is 28.1 Å². The molecule has 3 N–H and O–H groups in total. The molecule has 3 aromatic carbocycles. The summed E-state index contributed by atoms with van der Waals surface area (Å²) in [5.74, 6) is -0.281. The van der Waals surface area contributed by atoms with Crippen molar-refractivity contribution in [2.75, 3.05) is 11.1 Å². The van der Waals surface area contributed by atoms with Gasteiger partial charge in [0, 0.05) is 16.2 Å². The third-order valence-corrected chi connectivity index (χ3v) is 4.49. The van der Waals surface area contributed by atoms with Gasteiger partial charge in [0.1, 0.15) is 5.82 Å².